The molecule has 6 nitrogen and oxygen atoms in total. The molecule has 0 saturated carbocycles. The number of rotatable bonds is 24. The Hall–Kier alpha value is -0.499. The van der Waals surface area contributed by atoms with Gasteiger partial charge in [-0.2, -0.15) is 0 Å². The van der Waals surface area contributed by atoms with Crippen molar-refractivity contribution < 1.29 is 24.7 Å². The third-order valence-corrected chi connectivity index (χ3v) is 39.6. The summed E-state index contributed by atoms with van der Waals surface area (Å²) in [4.78, 5) is 0. The van der Waals surface area contributed by atoms with Gasteiger partial charge in [0, 0.05) is 36.3 Å². The maximum atomic E-state index is 7.81. The second-order valence-electron chi connectivity index (χ2n) is 13.5. The quantitative estimate of drug-likeness (QED) is 0.0720. The van der Waals surface area contributed by atoms with Crippen LogP contribution in [0.5, 0.6) is 0 Å². The Morgan fingerprint density at radius 2 is 0.417 bits per heavy atom. The van der Waals surface area contributed by atoms with E-state index in [4.69, 9.17) is 24.7 Å². The molecule has 1 aliphatic rings. The lowest BCUT2D eigenvalue weighted by Crippen LogP contribution is -2.69. The minimum Gasteiger partial charge on any atom is -0.415 e. The van der Waals surface area contributed by atoms with Crippen molar-refractivity contribution in [2.75, 3.05) is 0 Å². The summed E-state index contributed by atoms with van der Waals surface area (Å²) in [5.74, 6) is 0. The zero-order valence-electron chi connectivity index (χ0n) is 31.9. The molecule has 0 aromatic rings. The van der Waals surface area contributed by atoms with E-state index < -0.39 is 51.4 Å². The molecule has 1 saturated heterocycles. The number of allylic oxidation sites excluding steroid dienone is 6. The van der Waals surface area contributed by atoms with E-state index in [2.05, 4.69) is 81.0 Å². The van der Waals surface area contributed by atoms with Crippen LogP contribution in [0.4, 0.5) is 0 Å². The van der Waals surface area contributed by atoms with E-state index in [1.807, 2.05) is 36.5 Å². The molecule has 1 heterocycles. The summed E-state index contributed by atoms with van der Waals surface area (Å²) in [5.41, 5.74) is 0. The molecule has 0 aromatic heterocycles. The van der Waals surface area contributed by atoms with Gasteiger partial charge in [-0.25, -0.2) is 0 Å². The van der Waals surface area contributed by atoms with E-state index in [-0.39, 0.29) is 0 Å². The largest absolute Gasteiger partial charge is 0.415 e. The first-order valence-electron chi connectivity index (χ1n) is 18.8. The molecule has 0 amide bonds. The smallest absolute Gasteiger partial charge is 0.324 e. The Balaban J connectivity index is 4.54. The zero-order valence-corrected chi connectivity index (χ0v) is 37.9. The maximum Gasteiger partial charge on any atom is 0.324 e. The fourth-order valence-electron chi connectivity index (χ4n) is 7.49. The number of hydrogen-bond acceptors (Lipinski definition) is 6. The molecular weight excluding hydrogens is 697 g/mol. The van der Waals surface area contributed by atoms with E-state index in [9.17, 15) is 0 Å². The van der Waals surface area contributed by atoms with Gasteiger partial charge in [0.15, 0.2) is 0 Å². The van der Waals surface area contributed by atoms with Crippen molar-refractivity contribution in [3.63, 3.8) is 0 Å². The van der Waals surface area contributed by atoms with Gasteiger partial charge in [0.1, 0.15) is 0 Å². The lowest BCUT2D eigenvalue weighted by atomic mass is 10.6. The monoisotopic (exact) mass is 768 g/mol. The predicted molar refractivity (Wildman–Crippen MR) is 222 cm³/mol. The lowest BCUT2D eigenvalue weighted by Gasteiger charge is -2.53. The Morgan fingerprint density at radius 3 is 0.500 bits per heavy atom. The van der Waals surface area contributed by atoms with Crippen LogP contribution in [-0.2, 0) is 24.7 Å². The van der Waals surface area contributed by atoms with Crippen LogP contribution in [-0.4, -0.2) is 51.4 Å². The van der Waals surface area contributed by atoms with Gasteiger partial charge in [-0.05, 0) is 36.3 Å². The third-order valence-electron chi connectivity index (χ3n) is 8.75. The normalized spacial score (nSPS) is 33.1. The van der Waals surface area contributed by atoms with Crippen LogP contribution in [0.1, 0.15) is 80.1 Å². The molecule has 48 heavy (non-hydrogen) atoms. The molecule has 1 rings (SSSR count). The molecule has 0 atom stereocenters. The first-order valence-corrected chi connectivity index (χ1v) is 32.2. The van der Waals surface area contributed by atoms with Crippen molar-refractivity contribution >= 4 is 51.4 Å². The highest BCUT2D eigenvalue weighted by atomic mass is 28.5. The topological polar surface area (TPSA) is 55.4 Å². The van der Waals surface area contributed by atoms with E-state index in [1.54, 1.807) is 0 Å². The standard InChI is InChI=1S/C36H72O6Si6/c1-13-25-43(26-14-2)37-44(27-15-3,28-16-4)39-46(31-19-7,32-20-8)41-48(35-23-11,36-24-12)42-47(33-21-9,34-22-10)40-45(38-43,29-17-5)30-18-6/h13,15,17,19,21,23H,1,3,5,7,9,11,14,16,18,20,22,24-36H2,2,4,6,8,10,12H3. The zero-order chi connectivity index (χ0) is 36.2. The van der Waals surface area contributed by atoms with Crippen molar-refractivity contribution in [2.24, 2.45) is 0 Å². The Kier molecular flexibility index (Phi) is 21.3. The highest BCUT2D eigenvalue weighted by molar-refractivity contribution is 6.96. The van der Waals surface area contributed by atoms with Crippen LogP contribution < -0.4 is 0 Å². The minimum atomic E-state index is -3.02. The minimum absolute atomic E-state index is 0.666. The van der Waals surface area contributed by atoms with Crippen molar-refractivity contribution in [1.29, 1.82) is 0 Å². The van der Waals surface area contributed by atoms with Gasteiger partial charge >= 0.3 is 51.4 Å². The van der Waals surface area contributed by atoms with Crippen LogP contribution in [0.2, 0.25) is 72.5 Å². The van der Waals surface area contributed by atoms with Crippen LogP contribution >= 0.6 is 0 Å². The summed E-state index contributed by atoms with van der Waals surface area (Å²) in [6.07, 6.45) is 17.6. The fourth-order valence-corrected chi connectivity index (χ4v) is 44.3. The van der Waals surface area contributed by atoms with Gasteiger partial charge in [0.25, 0.3) is 0 Å². The SMILES string of the molecule is C=CC[Si]1(CCC)O[Si](CC=C)(CCC)O[Si](CC=C)(CCC)O[Si](CC=C)(CCC)O[Si](CC=C)(CCC)O[Si](CC=C)(CCC)O1. The van der Waals surface area contributed by atoms with Gasteiger partial charge < -0.3 is 24.7 Å². The second kappa shape index (κ2) is 22.4. The van der Waals surface area contributed by atoms with Gasteiger partial charge in [0.05, 0.1) is 0 Å². The van der Waals surface area contributed by atoms with E-state index >= 15 is 0 Å². The summed E-state index contributed by atoms with van der Waals surface area (Å²) in [6, 6.07) is 8.98. The maximum absolute atomic E-state index is 7.81. The van der Waals surface area contributed by atoms with E-state index in [0.717, 1.165) is 74.8 Å². The second-order valence-corrected chi connectivity index (χ2v) is 34.8. The van der Waals surface area contributed by atoms with E-state index in [1.165, 1.54) is 0 Å². The predicted octanol–water partition coefficient (Wildman–Crippen LogP) is 12.3. The molecule has 0 unspecified atom stereocenters. The number of hydrogen-bond donors (Lipinski definition) is 0. The Bertz CT molecular complexity index is 794. The summed E-state index contributed by atoms with van der Waals surface area (Å²) in [7, 11) is -18.1. The molecule has 12 heteroatoms. The van der Waals surface area contributed by atoms with E-state index in [0.29, 0.717) is 36.3 Å². The molecule has 0 spiro atoms. The molecule has 0 aliphatic carbocycles. The van der Waals surface area contributed by atoms with Crippen LogP contribution in [0.15, 0.2) is 75.9 Å². The summed E-state index contributed by atoms with van der Waals surface area (Å²) in [5, 5.41) is 0. The highest BCUT2D eigenvalue weighted by Gasteiger charge is 2.61. The summed E-state index contributed by atoms with van der Waals surface area (Å²) in [6.45, 7) is 38.8. The Morgan fingerprint density at radius 1 is 0.292 bits per heavy atom. The van der Waals surface area contributed by atoms with Gasteiger partial charge in [0.2, 0.25) is 0 Å². The Labute approximate surface area is 303 Å². The summed E-state index contributed by atoms with van der Waals surface area (Å²) >= 11 is 0. The molecule has 0 N–H and O–H groups in total. The molecular formula is C36H72O6Si6. The van der Waals surface area contributed by atoms with Crippen molar-refractivity contribution in [3.05, 3.63) is 75.9 Å². The average Bonchev–Trinajstić information content (AvgIpc) is 2.98. The highest BCUT2D eigenvalue weighted by Crippen LogP contribution is 2.45. The first-order chi connectivity index (χ1) is 23.0. The van der Waals surface area contributed by atoms with Gasteiger partial charge in [-0.1, -0.05) is 117 Å². The van der Waals surface area contributed by atoms with Crippen LogP contribution in [0.3, 0.4) is 0 Å². The van der Waals surface area contributed by atoms with Crippen molar-refractivity contribution in [1.82, 2.24) is 0 Å². The lowest BCUT2D eigenvalue weighted by molar-refractivity contribution is 0.214. The third kappa shape index (κ3) is 12.9. The average molecular weight is 769 g/mol. The molecule has 0 aromatic carbocycles. The molecule has 1 fully saturated rings. The van der Waals surface area contributed by atoms with Crippen molar-refractivity contribution in [3.8, 4) is 0 Å². The molecule has 0 bridgehead atoms. The van der Waals surface area contributed by atoms with Gasteiger partial charge in [-0.15, -0.1) is 39.5 Å². The molecule has 0 radical (unpaired) electrons. The molecule has 276 valence electrons. The summed E-state index contributed by atoms with van der Waals surface area (Å²) < 4.78 is 46.9. The molecule has 1 aliphatic heterocycles. The van der Waals surface area contributed by atoms with Gasteiger partial charge in [-0.3, -0.25) is 0 Å². The van der Waals surface area contributed by atoms with Crippen LogP contribution in [0.25, 0.3) is 0 Å². The van der Waals surface area contributed by atoms with Crippen molar-refractivity contribution in [2.45, 2.75) is 153 Å². The first kappa shape index (κ1) is 45.5. The fraction of sp³-hybridized carbons (Fsp3) is 0.667. The van der Waals surface area contributed by atoms with Crippen LogP contribution in [0, 0.1) is 0 Å².